The van der Waals surface area contributed by atoms with Crippen LogP contribution in [0.4, 0.5) is 0 Å². The van der Waals surface area contributed by atoms with E-state index in [1.165, 1.54) is 0 Å². The van der Waals surface area contributed by atoms with Crippen LogP contribution >= 0.6 is 11.3 Å². The zero-order chi connectivity index (χ0) is 13.8. The Morgan fingerprint density at radius 3 is 3.00 bits per heavy atom. The van der Waals surface area contributed by atoms with Gasteiger partial charge >= 0.3 is 0 Å². The number of hydrogen-bond donors (Lipinski definition) is 1. The zero-order valence-corrected chi connectivity index (χ0v) is 12.1. The summed E-state index contributed by atoms with van der Waals surface area (Å²) in [6.45, 7) is 5.10. The first kappa shape index (κ1) is 14.0. The number of aromatic nitrogens is 1. The molecule has 5 nitrogen and oxygen atoms in total. The molecular formula is C13H19N3O2S. The molecule has 0 bridgehead atoms. The fraction of sp³-hybridized carbons (Fsp3) is 0.615. The number of carbonyl (C=O) groups excluding carboxylic acids is 2. The first-order valence-electron chi connectivity index (χ1n) is 6.59. The Bertz CT molecular complexity index is 447. The molecule has 1 N–H and O–H groups in total. The van der Waals surface area contributed by atoms with Crippen LogP contribution in [0.25, 0.3) is 0 Å². The molecule has 2 atom stereocenters. The molecule has 2 rings (SSSR count). The van der Waals surface area contributed by atoms with Gasteiger partial charge in [-0.2, -0.15) is 0 Å². The quantitative estimate of drug-likeness (QED) is 0.906. The van der Waals surface area contributed by atoms with Crippen LogP contribution in [0, 0.1) is 0 Å². The van der Waals surface area contributed by atoms with Crippen LogP contribution in [0.5, 0.6) is 0 Å². The summed E-state index contributed by atoms with van der Waals surface area (Å²) in [6, 6.07) is -0.376. The van der Waals surface area contributed by atoms with Gasteiger partial charge in [-0.1, -0.05) is 13.8 Å². The lowest BCUT2D eigenvalue weighted by atomic mass is 10.1. The van der Waals surface area contributed by atoms with Crippen molar-refractivity contribution in [2.75, 3.05) is 13.1 Å². The van der Waals surface area contributed by atoms with Gasteiger partial charge < -0.3 is 10.2 Å². The molecule has 1 saturated heterocycles. The summed E-state index contributed by atoms with van der Waals surface area (Å²) >= 11 is 1.60. The van der Waals surface area contributed by atoms with Crippen LogP contribution < -0.4 is 5.32 Å². The fourth-order valence-electron chi connectivity index (χ4n) is 2.24. The molecule has 1 aromatic rings. The molecule has 0 radical (unpaired) electrons. The number of carbonyl (C=O) groups is 2. The third kappa shape index (κ3) is 3.32. The molecule has 0 aromatic carbocycles. The van der Waals surface area contributed by atoms with Crippen LogP contribution in [0.1, 0.15) is 37.6 Å². The Hall–Kier alpha value is -1.43. The lowest BCUT2D eigenvalue weighted by Crippen LogP contribution is -2.45. The average Bonchev–Trinajstić information content (AvgIpc) is 2.89. The van der Waals surface area contributed by atoms with Gasteiger partial charge in [-0.15, -0.1) is 11.3 Å². The van der Waals surface area contributed by atoms with Gasteiger partial charge in [0.05, 0.1) is 5.01 Å². The highest BCUT2D eigenvalue weighted by Gasteiger charge is 2.29. The Balaban J connectivity index is 2.05. The number of nitrogens with one attached hydrogen (secondary N) is 1. The molecule has 2 unspecified atom stereocenters. The first-order chi connectivity index (χ1) is 9.11. The molecule has 0 aliphatic carbocycles. The van der Waals surface area contributed by atoms with Crippen LogP contribution in [-0.4, -0.2) is 40.8 Å². The molecule has 6 heteroatoms. The molecule has 104 valence electrons. The van der Waals surface area contributed by atoms with Crippen molar-refractivity contribution < 1.29 is 9.59 Å². The van der Waals surface area contributed by atoms with Gasteiger partial charge in [0.2, 0.25) is 11.8 Å². The Labute approximate surface area is 117 Å². The van der Waals surface area contributed by atoms with E-state index in [1.807, 2.05) is 12.3 Å². The number of rotatable bonds is 4. The maximum Gasteiger partial charge on any atom is 0.245 e. The summed E-state index contributed by atoms with van der Waals surface area (Å²) < 4.78 is 0. The lowest BCUT2D eigenvalue weighted by Gasteiger charge is -2.25. The van der Waals surface area contributed by atoms with Gasteiger partial charge in [0, 0.05) is 37.0 Å². The number of nitrogens with zero attached hydrogens (tertiary/aromatic N) is 2. The van der Waals surface area contributed by atoms with E-state index in [0.717, 1.165) is 5.01 Å². The van der Waals surface area contributed by atoms with Crippen molar-refractivity contribution in [2.24, 2.45) is 0 Å². The smallest absolute Gasteiger partial charge is 0.245 e. The van der Waals surface area contributed by atoms with E-state index in [4.69, 9.17) is 0 Å². The first-order valence-corrected chi connectivity index (χ1v) is 7.47. The van der Waals surface area contributed by atoms with Crippen LogP contribution in [0.2, 0.25) is 0 Å². The number of thiazole rings is 1. The predicted molar refractivity (Wildman–Crippen MR) is 73.9 cm³/mol. The summed E-state index contributed by atoms with van der Waals surface area (Å²) in [4.78, 5) is 30.0. The van der Waals surface area contributed by atoms with E-state index in [1.54, 1.807) is 22.4 Å². The van der Waals surface area contributed by atoms with E-state index in [-0.39, 0.29) is 23.8 Å². The van der Waals surface area contributed by atoms with Gasteiger partial charge in [0.15, 0.2) is 0 Å². The van der Waals surface area contributed by atoms with Crippen LogP contribution in [-0.2, 0) is 9.59 Å². The monoisotopic (exact) mass is 281 g/mol. The Morgan fingerprint density at radius 2 is 2.37 bits per heavy atom. The highest BCUT2D eigenvalue weighted by molar-refractivity contribution is 7.09. The van der Waals surface area contributed by atoms with E-state index in [2.05, 4.69) is 17.2 Å². The minimum absolute atomic E-state index is 0.0248. The summed E-state index contributed by atoms with van der Waals surface area (Å²) in [5.74, 6) is 0.191. The molecule has 0 saturated carbocycles. The molecule has 1 aromatic heterocycles. The van der Waals surface area contributed by atoms with Gasteiger partial charge in [-0.3, -0.25) is 9.59 Å². The van der Waals surface area contributed by atoms with Gasteiger partial charge in [0.25, 0.3) is 0 Å². The van der Waals surface area contributed by atoms with Crippen molar-refractivity contribution in [1.29, 1.82) is 0 Å². The topological polar surface area (TPSA) is 62.3 Å². The van der Waals surface area contributed by atoms with Crippen molar-refractivity contribution in [2.45, 2.75) is 38.6 Å². The van der Waals surface area contributed by atoms with E-state index in [9.17, 15) is 9.59 Å². The van der Waals surface area contributed by atoms with Gasteiger partial charge in [-0.25, -0.2) is 4.98 Å². The lowest BCUT2D eigenvalue weighted by molar-refractivity contribution is -0.133. The molecule has 1 aliphatic rings. The van der Waals surface area contributed by atoms with Crippen molar-refractivity contribution in [3.8, 4) is 0 Å². The molecule has 0 spiro atoms. The maximum absolute atomic E-state index is 12.3. The molecule has 1 aliphatic heterocycles. The second-order valence-corrected chi connectivity index (χ2v) is 5.76. The third-order valence-electron chi connectivity index (χ3n) is 3.33. The average molecular weight is 281 g/mol. The number of amides is 2. The predicted octanol–water partition coefficient (Wildman–Crippen LogP) is 1.37. The standard InChI is InChI=1S/C13H19N3O2S/c1-3-10-13(18)16(6-4-11(17)15-10)8-9(2)12-14-5-7-19-12/h5,7,9-10H,3-4,6,8H2,1-2H3,(H,15,17). The van der Waals surface area contributed by atoms with E-state index < -0.39 is 0 Å². The normalized spacial score (nSPS) is 22.0. The third-order valence-corrected chi connectivity index (χ3v) is 4.34. The second kappa shape index (κ2) is 6.14. The molecule has 1 fully saturated rings. The Kier molecular flexibility index (Phi) is 4.52. The maximum atomic E-state index is 12.3. The van der Waals surface area contributed by atoms with Gasteiger partial charge in [0.1, 0.15) is 6.04 Å². The highest BCUT2D eigenvalue weighted by atomic mass is 32.1. The minimum Gasteiger partial charge on any atom is -0.344 e. The molecule has 2 amide bonds. The van der Waals surface area contributed by atoms with E-state index in [0.29, 0.717) is 25.9 Å². The SMILES string of the molecule is CCC1NC(=O)CCN(CC(C)c2nccs2)C1=O. The van der Waals surface area contributed by atoms with Crippen molar-refractivity contribution >= 4 is 23.2 Å². The van der Waals surface area contributed by atoms with Crippen molar-refractivity contribution in [3.63, 3.8) is 0 Å². The summed E-state index contributed by atoms with van der Waals surface area (Å²) in [7, 11) is 0. The second-order valence-electron chi connectivity index (χ2n) is 4.83. The summed E-state index contributed by atoms with van der Waals surface area (Å²) in [6.07, 6.45) is 2.79. The minimum atomic E-state index is -0.376. The van der Waals surface area contributed by atoms with Crippen molar-refractivity contribution in [3.05, 3.63) is 16.6 Å². The zero-order valence-electron chi connectivity index (χ0n) is 11.3. The highest BCUT2D eigenvalue weighted by Crippen LogP contribution is 2.20. The molecular weight excluding hydrogens is 262 g/mol. The fourth-order valence-corrected chi connectivity index (χ4v) is 2.93. The summed E-state index contributed by atoms with van der Waals surface area (Å²) in [5, 5.41) is 5.75. The largest absolute Gasteiger partial charge is 0.344 e. The van der Waals surface area contributed by atoms with Gasteiger partial charge in [-0.05, 0) is 6.42 Å². The van der Waals surface area contributed by atoms with E-state index >= 15 is 0 Å². The summed E-state index contributed by atoms with van der Waals surface area (Å²) in [5.41, 5.74) is 0. The number of hydrogen-bond acceptors (Lipinski definition) is 4. The molecule has 19 heavy (non-hydrogen) atoms. The molecule has 2 heterocycles. The van der Waals surface area contributed by atoms with Crippen LogP contribution in [0.3, 0.4) is 0 Å². The van der Waals surface area contributed by atoms with Crippen molar-refractivity contribution in [1.82, 2.24) is 15.2 Å². The Morgan fingerprint density at radius 1 is 1.58 bits per heavy atom. The van der Waals surface area contributed by atoms with Crippen LogP contribution in [0.15, 0.2) is 11.6 Å².